The zero-order valence-corrected chi connectivity index (χ0v) is 16.7. The maximum absolute atomic E-state index is 14.8. The highest BCUT2D eigenvalue weighted by Gasteiger charge is 2.26. The van der Waals surface area contributed by atoms with Crippen LogP contribution in [0.5, 0.6) is 5.75 Å². The molecule has 1 fully saturated rings. The maximum Gasteiger partial charge on any atom is 0.166 e. The smallest absolute Gasteiger partial charge is 0.166 e. The van der Waals surface area contributed by atoms with E-state index in [9.17, 15) is 13.2 Å². The molecular weight excluding hydrogens is 361 g/mol. The Bertz CT molecular complexity index is 795. The Morgan fingerprint density at radius 2 is 1.64 bits per heavy atom. The minimum absolute atomic E-state index is 0.0678. The van der Waals surface area contributed by atoms with Gasteiger partial charge < -0.3 is 4.74 Å². The number of benzene rings is 2. The van der Waals surface area contributed by atoms with Gasteiger partial charge in [-0.2, -0.15) is 0 Å². The third-order valence-corrected chi connectivity index (χ3v) is 5.80. The molecule has 2 aromatic rings. The number of halogens is 3. The molecule has 0 radical (unpaired) electrons. The van der Waals surface area contributed by atoms with Crippen molar-refractivity contribution in [3.63, 3.8) is 0 Å². The van der Waals surface area contributed by atoms with Crippen LogP contribution in [0.1, 0.15) is 70.3 Å². The molecule has 0 N–H and O–H groups in total. The molecule has 4 heteroatoms. The minimum Gasteiger partial charge on any atom is -0.491 e. The summed E-state index contributed by atoms with van der Waals surface area (Å²) in [6.45, 7) is 4.53. The lowest BCUT2D eigenvalue weighted by molar-refractivity contribution is 0.301. The second-order valence-electron chi connectivity index (χ2n) is 7.83. The Morgan fingerprint density at radius 1 is 0.893 bits per heavy atom. The van der Waals surface area contributed by atoms with E-state index in [2.05, 4.69) is 6.92 Å². The summed E-state index contributed by atoms with van der Waals surface area (Å²) in [7, 11) is 0. The van der Waals surface area contributed by atoms with Gasteiger partial charge >= 0.3 is 0 Å². The van der Waals surface area contributed by atoms with Gasteiger partial charge in [-0.25, -0.2) is 13.2 Å². The van der Waals surface area contributed by atoms with E-state index in [0.29, 0.717) is 23.7 Å². The highest BCUT2D eigenvalue weighted by Crippen LogP contribution is 2.40. The van der Waals surface area contributed by atoms with Crippen molar-refractivity contribution in [1.29, 1.82) is 0 Å². The number of hydrogen-bond acceptors (Lipinski definition) is 1. The molecule has 1 nitrogen and oxygen atoms in total. The monoisotopic (exact) mass is 390 g/mol. The first kappa shape index (κ1) is 20.8. The topological polar surface area (TPSA) is 9.23 Å². The Hall–Kier alpha value is -1.97. The van der Waals surface area contributed by atoms with Crippen molar-refractivity contribution in [1.82, 2.24) is 0 Å². The number of rotatable bonds is 7. The largest absolute Gasteiger partial charge is 0.491 e. The van der Waals surface area contributed by atoms with Gasteiger partial charge in [-0.3, -0.25) is 0 Å². The summed E-state index contributed by atoms with van der Waals surface area (Å²) in [5.74, 6) is -1.34. The molecule has 152 valence electrons. The van der Waals surface area contributed by atoms with E-state index in [1.165, 1.54) is 25.0 Å². The van der Waals surface area contributed by atoms with Crippen LogP contribution in [0.4, 0.5) is 13.2 Å². The molecule has 28 heavy (non-hydrogen) atoms. The Morgan fingerprint density at radius 3 is 2.29 bits per heavy atom. The SMILES string of the molecule is CCCOc1ccc(-c2ccc(C3CCC(CCC)CC3)c(F)c2F)cc1F. The highest BCUT2D eigenvalue weighted by molar-refractivity contribution is 5.66. The van der Waals surface area contributed by atoms with Gasteiger partial charge in [-0.05, 0) is 67.2 Å². The molecule has 0 bridgehead atoms. The maximum atomic E-state index is 14.8. The summed E-state index contributed by atoms with van der Waals surface area (Å²) < 4.78 is 49.2. The summed E-state index contributed by atoms with van der Waals surface area (Å²) in [5, 5.41) is 0. The molecular formula is C24H29F3O. The molecule has 2 aromatic carbocycles. The van der Waals surface area contributed by atoms with Crippen LogP contribution in [0.2, 0.25) is 0 Å². The van der Waals surface area contributed by atoms with Crippen molar-refractivity contribution in [2.24, 2.45) is 5.92 Å². The molecule has 1 saturated carbocycles. The predicted molar refractivity (Wildman–Crippen MR) is 107 cm³/mol. The van der Waals surface area contributed by atoms with E-state index in [0.717, 1.165) is 32.1 Å². The van der Waals surface area contributed by atoms with Crippen LogP contribution < -0.4 is 4.74 Å². The minimum atomic E-state index is -0.894. The molecule has 0 aliphatic heterocycles. The van der Waals surface area contributed by atoms with Gasteiger partial charge in [0.15, 0.2) is 23.2 Å². The van der Waals surface area contributed by atoms with Crippen LogP contribution in [0.15, 0.2) is 30.3 Å². The zero-order chi connectivity index (χ0) is 20.1. The van der Waals surface area contributed by atoms with Crippen LogP contribution in [0, 0.1) is 23.4 Å². The third-order valence-electron chi connectivity index (χ3n) is 5.80. The van der Waals surface area contributed by atoms with Gasteiger partial charge in [-0.15, -0.1) is 0 Å². The van der Waals surface area contributed by atoms with Crippen LogP contribution in [-0.4, -0.2) is 6.61 Å². The lowest BCUT2D eigenvalue weighted by Gasteiger charge is -2.29. The van der Waals surface area contributed by atoms with E-state index in [4.69, 9.17) is 4.74 Å². The van der Waals surface area contributed by atoms with Crippen molar-refractivity contribution in [3.05, 3.63) is 53.3 Å². The fourth-order valence-corrected chi connectivity index (χ4v) is 4.27. The molecule has 0 saturated heterocycles. The number of hydrogen-bond donors (Lipinski definition) is 0. The normalized spacial score (nSPS) is 19.6. The van der Waals surface area contributed by atoms with Crippen LogP contribution in [0.25, 0.3) is 11.1 Å². The summed E-state index contributed by atoms with van der Waals surface area (Å²) in [4.78, 5) is 0. The third kappa shape index (κ3) is 4.53. The molecule has 0 heterocycles. The van der Waals surface area contributed by atoms with Gasteiger partial charge in [0.2, 0.25) is 0 Å². The second kappa shape index (κ2) is 9.49. The van der Waals surface area contributed by atoms with E-state index in [1.54, 1.807) is 18.2 Å². The highest BCUT2D eigenvalue weighted by atomic mass is 19.2. The lowest BCUT2D eigenvalue weighted by Crippen LogP contribution is -2.15. The molecule has 1 aliphatic carbocycles. The van der Waals surface area contributed by atoms with E-state index in [1.807, 2.05) is 6.92 Å². The predicted octanol–water partition coefficient (Wildman–Crippen LogP) is 7.63. The quantitative estimate of drug-likeness (QED) is 0.472. The fraction of sp³-hybridized carbons (Fsp3) is 0.500. The van der Waals surface area contributed by atoms with Crippen molar-refractivity contribution in [2.45, 2.75) is 64.7 Å². The number of ether oxygens (including phenoxy) is 1. The fourth-order valence-electron chi connectivity index (χ4n) is 4.27. The molecule has 0 aromatic heterocycles. The first-order valence-corrected chi connectivity index (χ1v) is 10.5. The first-order chi connectivity index (χ1) is 13.5. The van der Waals surface area contributed by atoms with E-state index in [-0.39, 0.29) is 17.2 Å². The summed E-state index contributed by atoms with van der Waals surface area (Å²) >= 11 is 0. The zero-order valence-electron chi connectivity index (χ0n) is 16.7. The molecule has 1 aliphatic rings. The summed E-state index contributed by atoms with van der Waals surface area (Å²) in [6.07, 6.45) is 7.11. The Balaban J connectivity index is 1.80. The Kier molecular flexibility index (Phi) is 7.03. The average Bonchev–Trinajstić information content (AvgIpc) is 2.70. The van der Waals surface area contributed by atoms with Crippen LogP contribution in [0.3, 0.4) is 0 Å². The van der Waals surface area contributed by atoms with E-state index >= 15 is 0 Å². The summed E-state index contributed by atoms with van der Waals surface area (Å²) in [6, 6.07) is 7.51. The van der Waals surface area contributed by atoms with Gasteiger partial charge in [0.1, 0.15) is 0 Å². The molecule has 0 unspecified atom stereocenters. The van der Waals surface area contributed by atoms with Crippen molar-refractivity contribution < 1.29 is 17.9 Å². The standard InChI is InChI=1S/C24H29F3O/c1-3-5-16-6-8-17(9-7-16)19-11-12-20(24(27)23(19)26)18-10-13-22(21(25)15-18)28-14-4-2/h10-13,15-17H,3-9,14H2,1-2H3. The Labute approximate surface area is 165 Å². The average molecular weight is 390 g/mol. The van der Waals surface area contributed by atoms with Gasteiger partial charge in [0.05, 0.1) is 6.61 Å². The van der Waals surface area contributed by atoms with Crippen LogP contribution >= 0.6 is 0 Å². The molecule has 0 spiro atoms. The first-order valence-electron chi connectivity index (χ1n) is 10.5. The molecule has 3 rings (SSSR count). The lowest BCUT2D eigenvalue weighted by atomic mass is 9.77. The van der Waals surface area contributed by atoms with Crippen LogP contribution in [-0.2, 0) is 0 Å². The van der Waals surface area contributed by atoms with Crippen molar-refractivity contribution in [3.8, 4) is 16.9 Å². The van der Waals surface area contributed by atoms with Gasteiger partial charge in [-0.1, -0.05) is 44.9 Å². The summed E-state index contributed by atoms with van der Waals surface area (Å²) in [5.41, 5.74) is 0.859. The van der Waals surface area contributed by atoms with Crippen molar-refractivity contribution in [2.75, 3.05) is 6.61 Å². The van der Waals surface area contributed by atoms with Gasteiger partial charge in [0.25, 0.3) is 0 Å². The second-order valence-corrected chi connectivity index (χ2v) is 7.83. The molecule has 0 amide bonds. The van der Waals surface area contributed by atoms with Crippen molar-refractivity contribution >= 4 is 0 Å². The van der Waals surface area contributed by atoms with E-state index < -0.39 is 17.5 Å². The van der Waals surface area contributed by atoms with Gasteiger partial charge in [0, 0.05) is 5.56 Å². The molecule has 0 atom stereocenters.